The predicted molar refractivity (Wildman–Crippen MR) is 126 cm³/mol. The second kappa shape index (κ2) is 7.61. The molecule has 1 aliphatic heterocycles. The number of nitrogens with one attached hydrogen (secondary N) is 3. The van der Waals surface area contributed by atoms with Crippen LogP contribution in [0.1, 0.15) is 64.6 Å². The number of carbonyl (C=O) groups is 1. The van der Waals surface area contributed by atoms with E-state index in [1.54, 1.807) is 0 Å². The van der Waals surface area contributed by atoms with Gasteiger partial charge in [0.25, 0.3) is 5.91 Å². The molecule has 0 fully saturated rings. The van der Waals surface area contributed by atoms with Crippen molar-refractivity contribution in [3.8, 4) is 11.1 Å². The lowest BCUT2D eigenvalue weighted by atomic mass is 9.90. The van der Waals surface area contributed by atoms with E-state index in [4.69, 9.17) is 0 Å². The van der Waals surface area contributed by atoms with Gasteiger partial charge in [0, 0.05) is 53.2 Å². The number of benzene rings is 2. The lowest BCUT2D eigenvalue weighted by Gasteiger charge is -2.27. The van der Waals surface area contributed by atoms with E-state index in [1.165, 1.54) is 39.7 Å². The largest absolute Gasteiger partial charge is 0.357 e. The van der Waals surface area contributed by atoms with E-state index in [0.29, 0.717) is 12.6 Å². The fraction of sp³-hybridized carbons (Fsp3) is 0.259. The summed E-state index contributed by atoms with van der Waals surface area (Å²) in [4.78, 5) is 19.7. The van der Waals surface area contributed by atoms with Crippen molar-refractivity contribution in [3.63, 3.8) is 0 Å². The number of rotatable bonds is 4. The highest BCUT2D eigenvalue weighted by Crippen LogP contribution is 2.38. The Hall–Kier alpha value is -3.44. The van der Waals surface area contributed by atoms with Crippen molar-refractivity contribution in [1.29, 1.82) is 0 Å². The summed E-state index contributed by atoms with van der Waals surface area (Å²) >= 11 is 0. The van der Waals surface area contributed by atoms with Gasteiger partial charge in [0.15, 0.2) is 0 Å². The van der Waals surface area contributed by atoms with Gasteiger partial charge < -0.3 is 15.6 Å². The van der Waals surface area contributed by atoms with Crippen LogP contribution in [0.25, 0.3) is 22.0 Å². The van der Waals surface area contributed by atoms with Gasteiger partial charge in [-0.2, -0.15) is 0 Å². The minimum Gasteiger partial charge on any atom is -0.357 e. The number of amides is 1. The fourth-order valence-corrected chi connectivity index (χ4v) is 5.27. The maximum absolute atomic E-state index is 11.9. The number of carbonyl (C=O) groups excluding carboxylic acids is 1. The molecule has 3 heterocycles. The number of hydrogen-bond acceptors (Lipinski definition) is 3. The van der Waals surface area contributed by atoms with Gasteiger partial charge in [-0.05, 0) is 90.4 Å². The molecule has 0 spiro atoms. The quantitative estimate of drug-likeness (QED) is 0.423. The third kappa shape index (κ3) is 3.21. The molecular formula is C27H26N4O. The number of aryl methyl sites for hydroxylation is 1. The van der Waals surface area contributed by atoms with Crippen LogP contribution in [0.2, 0.25) is 0 Å². The molecule has 2 unspecified atom stereocenters. The summed E-state index contributed by atoms with van der Waals surface area (Å²) in [6, 6.07) is 17.6. The molecule has 2 atom stereocenters. The molecule has 4 aromatic rings. The zero-order valence-electron chi connectivity index (χ0n) is 18.1. The Labute approximate surface area is 187 Å². The van der Waals surface area contributed by atoms with Gasteiger partial charge in [-0.3, -0.25) is 9.78 Å². The third-order valence-electron chi connectivity index (χ3n) is 6.99. The molecule has 160 valence electrons. The number of H-pyrrole nitrogens is 1. The smallest absolute Gasteiger partial charge is 0.251 e. The Morgan fingerprint density at radius 2 is 1.88 bits per heavy atom. The van der Waals surface area contributed by atoms with Crippen LogP contribution in [0.15, 0.2) is 60.9 Å². The molecule has 32 heavy (non-hydrogen) atoms. The molecule has 2 aliphatic rings. The Balaban J connectivity index is 1.34. The van der Waals surface area contributed by atoms with Crippen LogP contribution in [0.4, 0.5) is 0 Å². The number of aromatic nitrogens is 2. The molecule has 0 saturated carbocycles. The second-order valence-electron chi connectivity index (χ2n) is 8.95. The van der Waals surface area contributed by atoms with E-state index in [9.17, 15) is 4.79 Å². The first-order valence-corrected chi connectivity index (χ1v) is 11.4. The average Bonchev–Trinajstić information content (AvgIpc) is 3.40. The lowest BCUT2D eigenvalue weighted by Crippen LogP contribution is -2.27. The van der Waals surface area contributed by atoms with Crippen molar-refractivity contribution in [2.45, 2.75) is 44.8 Å². The molecule has 2 aromatic heterocycles. The summed E-state index contributed by atoms with van der Waals surface area (Å²) in [6.45, 7) is 2.84. The number of nitrogens with zero attached hydrogens (tertiary/aromatic N) is 1. The normalized spacial score (nSPS) is 18.3. The highest BCUT2D eigenvalue weighted by molar-refractivity contribution is 5.99. The van der Waals surface area contributed by atoms with Crippen molar-refractivity contribution in [3.05, 3.63) is 88.9 Å². The standard InChI is InChI=1S/C27H26N4O/c1-16(17-9-11-28-12-10-17)30-25-4-2-3-22-23-14-19(6-8-24(23)31-26(22)25)18-5-7-21-20(13-18)15-29-27(21)32/h5-14,16,25,30-31H,2-4,15H2,1H3,(H,29,32). The van der Waals surface area contributed by atoms with Gasteiger partial charge >= 0.3 is 0 Å². The first-order chi connectivity index (χ1) is 15.7. The molecular weight excluding hydrogens is 396 g/mol. The minimum absolute atomic E-state index is 0.0289. The average molecular weight is 423 g/mol. The predicted octanol–water partition coefficient (Wildman–Crippen LogP) is 5.20. The highest BCUT2D eigenvalue weighted by atomic mass is 16.1. The van der Waals surface area contributed by atoms with Crippen LogP contribution in [-0.2, 0) is 13.0 Å². The first kappa shape index (κ1) is 19.3. The Bertz CT molecular complexity index is 1320. The fourth-order valence-electron chi connectivity index (χ4n) is 5.27. The number of pyridine rings is 1. The van der Waals surface area contributed by atoms with Gasteiger partial charge in [-0.1, -0.05) is 12.1 Å². The van der Waals surface area contributed by atoms with E-state index in [0.717, 1.165) is 29.5 Å². The van der Waals surface area contributed by atoms with Crippen molar-refractivity contribution in [1.82, 2.24) is 20.6 Å². The first-order valence-electron chi connectivity index (χ1n) is 11.4. The van der Waals surface area contributed by atoms with Crippen molar-refractivity contribution in [2.75, 3.05) is 0 Å². The van der Waals surface area contributed by atoms with E-state index in [-0.39, 0.29) is 11.9 Å². The summed E-state index contributed by atoms with van der Waals surface area (Å²) in [5.41, 5.74) is 9.45. The van der Waals surface area contributed by atoms with E-state index in [2.05, 4.69) is 70.0 Å². The van der Waals surface area contributed by atoms with E-state index in [1.807, 2.05) is 18.5 Å². The topological polar surface area (TPSA) is 69.8 Å². The maximum Gasteiger partial charge on any atom is 0.251 e. The van der Waals surface area contributed by atoms with E-state index >= 15 is 0 Å². The molecule has 3 N–H and O–H groups in total. The Morgan fingerprint density at radius 1 is 1.06 bits per heavy atom. The van der Waals surface area contributed by atoms with Gasteiger partial charge in [-0.25, -0.2) is 0 Å². The summed E-state index contributed by atoms with van der Waals surface area (Å²) in [7, 11) is 0. The molecule has 5 nitrogen and oxygen atoms in total. The molecule has 1 amide bonds. The van der Waals surface area contributed by atoms with Gasteiger partial charge in [-0.15, -0.1) is 0 Å². The van der Waals surface area contributed by atoms with Crippen molar-refractivity contribution >= 4 is 16.8 Å². The SMILES string of the molecule is CC(NC1CCCc2c1[nH]c1ccc(-c3ccc4c(c3)CNC4=O)cc21)c1ccncc1. The number of aromatic amines is 1. The van der Waals surface area contributed by atoms with Gasteiger partial charge in [0.05, 0.1) is 0 Å². The molecule has 0 radical (unpaired) electrons. The summed E-state index contributed by atoms with van der Waals surface area (Å²) in [5, 5.41) is 8.06. The minimum atomic E-state index is 0.0289. The van der Waals surface area contributed by atoms with Crippen LogP contribution < -0.4 is 10.6 Å². The van der Waals surface area contributed by atoms with Gasteiger partial charge in [0.1, 0.15) is 0 Å². The zero-order chi connectivity index (χ0) is 21.7. The second-order valence-corrected chi connectivity index (χ2v) is 8.95. The van der Waals surface area contributed by atoms with Crippen molar-refractivity contribution in [2.24, 2.45) is 0 Å². The third-order valence-corrected chi connectivity index (χ3v) is 6.99. The number of hydrogen-bond donors (Lipinski definition) is 3. The molecule has 1 aliphatic carbocycles. The van der Waals surface area contributed by atoms with Crippen LogP contribution in [0.3, 0.4) is 0 Å². The van der Waals surface area contributed by atoms with Gasteiger partial charge in [0.2, 0.25) is 0 Å². The highest BCUT2D eigenvalue weighted by Gasteiger charge is 2.26. The van der Waals surface area contributed by atoms with Crippen LogP contribution in [0, 0.1) is 0 Å². The molecule has 6 rings (SSSR count). The Morgan fingerprint density at radius 3 is 2.75 bits per heavy atom. The van der Waals surface area contributed by atoms with Crippen LogP contribution in [0.5, 0.6) is 0 Å². The zero-order valence-corrected chi connectivity index (χ0v) is 18.1. The summed E-state index contributed by atoms with van der Waals surface area (Å²) < 4.78 is 0. The maximum atomic E-state index is 11.9. The molecule has 0 saturated heterocycles. The van der Waals surface area contributed by atoms with E-state index < -0.39 is 0 Å². The molecule has 5 heteroatoms. The molecule has 0 bridgehead atoms. The van der Waals surface area contributed by atoms with Crippen molar-refractivity contribution < 1.29 is 4.79 Å². The summed E-state index contributed by atoms with van der Waals surface area (Å²) in [6.07, 6.45) is 7.12. The Kier molecular flexibility index (Phi) is 4.58. The monoisotopic (exact) mass is 422 g/mol. The molecule has 2 aromatic carbocycles. The van der Waals surface area contributed by atoms with Crippen LogP contribution >= 0.6 is 0 Å². The lowest BCUT2D eigenvalue weighted by molar-refractivity contribution is 0.0966. The number of fused-ring (bicyclic) bond motifs is 4. The van der Waals surface area contributed by atoms with Crippen LogP contribution in [-0.4, -0.2) is 15.9 Å². The summed E-state index contributed by atoms with van der Waals surface area (Å²) in [5.74, 6) is 0.0289.